The van der Waals surface area contributed by atoms with Gasteiger partial charge in [-0.15, -0.1) is 0 Å². The maximum Gasteiger partial charge on any atom is 0.143 e. The van der Waals surface area contributed by atoms with Gasteiger partial charge in [-0.2, -0.15) is 0 Å². The van der Waals surface area contributed by atoms with Gasteiger partial charge < -0.3 is 10.1 Å². The number of thiocarbonyl (C=S) groups is 2. The van der Waals surface area contributed by atoms with E-state index in [2.05, 4.69) is 30.4 Å². The Labute approximate surface area is 166 Å². The number of hydrogen-bond donors (Lipinski definition) is 1. The topological polar surface area (TPSA) is 21.3 Å². The number of rotatable bonds is 11. The van der Waals surface area contributed by atoms with Gasteiger partial charge in [-0.25, -0.2) is 0 Å². The standard InChI is InChI=1S/C20H27NOS3/c1-2-3-4-5-6-7-8-9-14-22-17-12-10-16(11-13-17)15-18-19(23)21-20(24)25-18/h10-13,15H,2-9,14H2,1H3,(H,21,23,24). The molecule has 1 saturated heterocycles. The molecule has 1 aliphatic rings. The molecule has 0 spiro atoms. The molecule has 1 aliphatic heterocycles. The van der Waals surface area contributed by atoms with Crippen molar-refractivity contribution in [2.75, 3.05) is 6.61 Å². The zero-order chi connectivity index (χ0) is 17.9. The van der Waals surface area contributed by atoms with Gasteiger partial charge in [0.1, 0.15) is 15.1 Å². The fraction of sp³-hybridized carbons (Fsp3) is 0.500. The summed E-state index contributed by atoms with van der Waals surface area (Å²) >= 11 is 11.9. The molecule has 1 fully saturated rings. The Morgan fingerprint density at radius 1 is 0.960 bits per heavy atom. The van der Waals surface area contributed by atoms with E-state index in [9.17, 15) is 0 Å². The molecule has 0 aliphatic carbocycles. The molecular formula is C20H27NOS3. The van der Waals surface area contributed by atoms with Crippen LogP contribution >= 0.6 is 36.2 Å². The van der Waals surface area contributed by atoms with Crippen molar-refractivity contribution in [3.63, 3.8) is 0 Å². The predicted molar refractivity (Wildman–Crippen MR) is 118 cm³/mol. The fourth-order valence-electron chi connectivity index (χ4n) is 2.66. The Bertz CT molecular complexity index is 595. The minimum absolute atomic E-state index is 0.713. The lowest BCUT2D eigenvalue weighted by Crippen LogP contribution is -2.15. The van der Waals surface area contributed by atoms with Gasteiger partial charge in [0, 0.05) is 4.91 Å². The van der Waals surface area contributed by atoms with Gasteiger partial charge in [0.15, 0.2) is 0 Å². The molecule has 25 heavy (non-hydrogen) atoms. The Morgan fingerprint density at radius 3 is 2.20 bits per heavy atom. The highest BCUT2D eigenvalue weighted by Crippen LogP contribution is 2.27. The number of unbranched alkanes of at least 4 members (excludes halogenated alkanes) is 7. The Balaban J connectivity index is 1.63. The van der Waals surface area contributed by atoms with Crippen molar-refractivity contribution >= 4 is 51.6 Å². The van der Waals surface area contributed by atoms with E-state index in [4.69, 9.17) is 29.2 Å². The van der Waals surface area contributed by atoms with Crippen LogP contribution in [-0.2, 0) is 0 Å². The van der Waals surface area contributed by atoms with Crippen LogP contribution in [0.1, 0.15) is 63.9 Å². The molecule has 5 heteroatoms. The molecule has 136 valence electrons. The first-order chi connectivity index (χ1) is 12.2. The highest BCUT2D eigenvalue weighted by molar-refractivity contribution is 8.27. The van der Waals surface area contributed by atoms with Crippen molar-refractivity contribution in [2.24, 2.45) is 0 Å². The average molecular weight is 394 g/mol. The van der Waals surface area contributed by atoms with E-state index in [1.807, 2.05) is 12.1 Å². The summed E-state index contributed by atoms with van der Waals surface area (Å²) in [6.45, 7) is 3.06. The van der Waals surface area contributed by atoms with Crippen molar-refractivity contribution in [1.29, 1.82) is 0 Å². The van der Waals surface area contributed by atoms with Crippen LogP contribution in [-0.4, -0.2) is 15.9 Å². The molecule has 0 atom stereocenters. The third kappa shape index (κ3) is 7.89. The van der Waals surface area contributed by atoms with Crippen molar-refractivity contribution in [2.45, 2.75) is 58.3 Å². The maximum absolute atomic E-state index is 5.83. The van der Waals surface area contributed by atoms with Gasteiger partial charge in [-0.1, -0.05) is 100 Å². The largest absolute Gasteiger partial charge is 0.494 e. The molecular weight excluding hydrogens is 366 g/mol. The highest BCUT2D eigenvalue weighted by atomic mass is 32.2. The molecule has 0 aromatic heterocycles. The van der Waals surface area contributed by atoms with Crippen LogP contribution in [0.5, 0.6) is 5.75 Å². The van der Waals surface area contributed by atoms with E-state index in [1.165, 1.54) is 56.7 Å². The molecule has 2 nitrogen and oxygen atoms in total. The van der Waals surface area contributed by atoms with Crippen LogP contribution in [0, 0.1) is 0 Å². The smallest absolute Gasteiger partial charge is 0.143 e. The SMILES string of the molecule is CCCCCCCCCCOc1ccc(C=C2SC(=S)NC2=S)cc1. The summed E-state index contributed by atoms with van der Waals surface area (Å²) in [6, 6.07) is 8.15. The maximum atomic E-state index is 5.83. The Kier molecular flexibility index (Phi) is 9.51. The summed E-state index contributed by atoms with van der Waals surface area (Å²) in [4.78, 5) is 1.72. The summed E-state index contributed by atoms with van der Waals surface area (Å²) in [5, 5.41) is 2.99. The predicted octanol–water partition coefficient (Wildman–Crippen LogP) is 6.50. The van der Waals surface area contributed by atoms with Crippen LogP contribution in [0.3, 0.4) is 0 Å². The number of hydrogen-bond acceptors (Lipinski definition) is 4. The molecule has 1 aromatic carbocycles. The lowest BCUT2D eigenvalue weighted by Gasteiger charge is -2.06. The second kappa shape index (κ2) is 11.7. The molecule has 0 amide bonds. The Hall–Kier alpha value is -0.910. The number of thioether (sulfide) groups is 1. The number of ether oxygens (including phenoxy) is 1. The third-order valence-electron chi connectivity index (χ3n) is 4.09. The first-order valence-electron chi connectivity index (χ1n) is 9.17. The van der Waals surface area contributed by atoms with E-state index < -0.39 is 0 Å². The summed E-state index contributed by atoms with van der Waals surface area (Å²) in [7, 11) is 0. The molecule has 0 saturated carbocycles. The molecule has 1 aromatic rings. The number of benzene rings is 1. The van der Waals surface area contributed by atoms with Crippen LogP contribution in [0.15, 0.2) is 29.2 Å². The second-order valence-corrected chi connectivity index (χ2v) is 8.37. The minimum atomic E-state index is 0.713. The highest BCUT2D eigenvalue weighted by Gasteiger charge is 2.18. The zero-order valence-corrected chi connectivity index (χ0v) is 17.3. The molecule has 0 unspecified atom stereocenters. The van der Waals surface area contributed by atoms with E-state index in [0.29, 0.717) is 4.99 Å². The van der Waals surface area contributed by atoms with E-state index in [0.717, 1.165) is 33.6 Å². The minimum Gasteiger partial charge on any atom is -0.494 e. The third-order valence-corrected chi connectivity index (χ3v) is 5.72. The summed E-state index contributed by atoms with van der Waals surface area (Å²) in [5.41, 5.74) is 1.11. The molecule has 0 bridgehead atoms. The van der Waals surface area contributed by atoms with Crippen molar-refractivity contribution in [1.82, 2.24) is 5.32 Å². The van der Waals surface area contributed by atoms with Crippen molar-refractivity contribution in [3.8, 4) is 5.75 Å². The summed E-state index contributed by atoms with van der Waals surface area (Å²) < 4.78 is 6.55. The molecule has 1 heterocycles. The Morgan fingerprint density at radius 2 is 1.60 bits per heavy atom. The first-order valence-corrected chi connectivity index (χ1v) is 10.8. The van der Waals surface area contributed by atoms with Crippen LogP contribution in [0.2, 0.25) is 0 Å². The van der Waals surface area contributed by atoms with E-state index in [1.54, 1.807) is 0 Å². The average Bonchev–Trinajstić information content (AvgIpc) is 2.92. The summed E-state index contributed by atoms with van der Waals surface area (Å²) in [5.74, 6) is 0.931. The molecule has 1 N–H and O–H groups in total. The normalized spacial score (nSPS) is 15.6. The van der Waals surface area contributed by atoms with Gasteiger partial charge in [-0.05, 0) is 30.2 Å². The van der Waals surface area contributed by atoms with Crippen LogP contribution in [0.4, 0.5) is 0 Å². The van der Waals surface area contributed by atoms with Gasteiger partial charge in [0.05, 0.1) is 6.61 Å². The summed E-state index contributed by atoms with van der Waals surface area (Å²) in [6.07, 6.45) is 12.6. The lowest BCUT2D eigenvalue weighted by atomic mass is 10.1. The lowest BCUT2D eigenvalue weighted by molar-refractivity contribution is 0.304. The van der Waals surface area contributed by atoms with Crippen LogP contribution in [0.25, 0.3) is 6.08 Å². The number of nitrogens with one attached hydrogen (secondary N) is 1. The van der Waals surface area contributed by atoms with Gasteiger partial charge in [0.25, 0.3) is 0 Å². The van der Waals surface area contributed by atoms with Crippen molar-refractivity contribution < 1.29 is 4.74 Å². The van der Waals surface area contributed by atoms with Gasteiger partial charge in [-0.3, -0.25) is 0 Å². The van der Waals surface area contributed by atoms with Gasteiger partial charge in [0.2, 0.25) is 0 Å². The molecule has 0 radical (unpaired) electrons. The molecule has 2 rings (SSSR count). The van der Waals surface area contributed by atoms with Crippen LogP contribution < -0.4 is 10.1 Å². The first kappa shape index (κ1) is 20.4. The van der Waals surface area contributed by atoms with Gasteiger partial charge >= 0.3 is 0 Å². The second-order valence-electron chi connectivity index (χ2n) is 6.24. The quantitative estimate of drug-likeness (QED) is 0.262. The van der Waals surface area contributed by atoms with E-state index >= 15 is 0 Å². The van der Waals surface area contributed by atoms with E-state index in [-0.39, 0.29) is 0 Å². The monoisotopic (exact) mass is 393 g/mol. The van der Waals surface area contributed by atoms with Crippen molar-refractivity contribution in [3.05, 3.63) is 34.7 Å². The fourth-order valence-corrected chi connectivity index (χ4v) is 4.14. The zero-order valence-electron chi connectivity index (χ0n) is 14.9.